The van der Waals surface area contributed by atoms with Gasteiger partial charge in [0.1, 0.15) is 23.8 Å². The van der Waals surface area contributed by atoms with Gasteiger partial charge in [-0.15, -0.1) is 21.5 Å². The molecule has 19 heteroatoms. The van der Waals surface area contributed by atoms with Crippen LogP contribution in [0.5, 0.6) is 11.6 Å². The number of hydrogen-bond donors (Lipinski definition) is 4. The number of piperazine rings is 1. The molecule has 2 aromatic carbocycles. The van der Waals surface area contributed by atoms with Crippen LogP contribution in [-0.4, -0.2) is 128 Å². The molecule has 6 aromatic rings. The minimum Gasteiger partial charge on any atom is -0.507 e. The first-order valence-corrected chi connectivity index (χ1v) is 26.9. The van der Waals surface area contributed by atoms with Gasteiger partial charge < -0.3 is 54.9 Å². The average Bonchev–Trinajstić information content (AvgIpc) is 4.20. The zero-order chi connectivity index (χ0) is 51.2. The predicted octanol–water partition coefficient (Wildman–Crippen LogP) is 7.28. The van der Waals surface area contributed by atoms with E-state index in [9.17, 15) is 19.8 Å². The number of para-hydroxylation sites is 1. The van der Waals surface area contributed by atoms with Gasteiger partial charge in [0.15, 0.2) is 17.4 Å². The van der Waals surface area contributed by atoms with Crippen LogP contribution in [0.3, 0.4) is 0 Å². The van der Waals surface area contributed by atoms with E-state index in [4.69, 9.17) is 19.7 Å². The number of amides is 2. The number of β-amino-alcohol motifs (C(OH)–C–C–N with tert-alkyl or cyclic N) is 1. The van der Waals surface area contributed by atoms with Crippen LogP contribution in [0.15, 0.2) is 89.0 Å². The highest BCUT2D eigenvalue weighted by Crippen LogP contribution is 2.41. The molecule has 2 bridgehead atoms. The summed E-state index contributed by atoms with van der Waals surface area (Å²) in [6.07, 6.45) is 6.82. The van der Waals surface area contributed by atoms with Crippen molar-refractivity contribution in [1.29, 1.82) is 0 Å². The molecule has 74 heavy (non-hydrogen) atoms. The second-order valence-electron chi connectivity index (χ2n) is 21.0. The maximum Gasteiger partial charge on any atom is 0.243 e. The Bertz CT molecular complexity index is 2940. The fourth-order valence-electron chi connectivity index (χ4n) is 11.7. The van der Waals surface area contributed by atoms with E-state index in [-0.39, 0.29) is 72.9 Å². The molecule has 1 saturated carbocycles. The SMILES string of the molecule is Cc1ncsc1-c1ccc([C@H](C)NC(=O)[C@@H]2C[C@@H](O)CN2C(=O)[C@H](c2cc(N3CCC(OC4CC(Oc5cc(N6C7CCC6CN(c6cc(-c8ccccc8O)nnc6N)C7)ccn5)C4)CC3)no2)C(C)C)cc1. The van der Waals surface area contributed by atoms with E-state index in [1.54, 1.807) is 23.5 Å². The number of hydrogen-bond acceptors (Lipinski definition) is 17. The molecular formula is C55H65N11O7S. The van der Waals surface area contributed by atoms with Gasteiger partial charge in [-0.2, -0.15) is 0 Å². The van der Waals surface area contributed by atoms with Crippen LogP contribution < -0.4 is 30.5 Å². The highest BCUT2D eigenvalue weighted by atomic mass is 32.1. The van der Waals surface area contributed by atoms with Crippen molar-refractivity contribution in [2.45, 2.75) is 127 Å². The lowest BCUT2D eigenvalue weighted by Gasteiger charge is -2.43. The Morgan fingerprint density at radius 2 is 1.62 bits per heavy atom. The Balaban J connectivity index is 0.642. The largest absolute Gasteiger partial charge is 0.507 e. The number of pyridine rings is 1. The summed E-state index contributed by atoms with van der Waals surface area (Å²) in [6, 6.07) is 22.6. The number of ether oxygens (including phenoxy) is 2. The summed E-state index contributed by atoms with van der Waals surface area (Å²) in [4.78, 5) is 46.8. The second-order valence-corrected chi connectivity index (χ2v) is 21.9. The molecule has 11 rings (SSSR count). The van der Waals surface area contributed by atoms with Gasteiger partial charge in [0.05, 0.1) is 51.8 Å². The lowest BCUT2D eigenvalue weighted by Crippen LogP contribution is -2.54. The summed E-state index contributed by atoms with van der Waals surface area (Å²) in [5.41, 5.74) is 14.4. The Morgan fingerprint density at radius 3 is 2.34 bits per heavy atom. The highest BCUT2D eigenvalue weighted by molar-refractivity contribution is 7.13. The molecule has 4 saturated heterocycles. The van der Waals surface area contributed by atoms with Gasteiger partial charge in [-0.3, -0.25) is 9.59 Å². The fourth-order valence-corrected chi connectivity index (χ4v) is 12.5. The summed E-state index contributed by atoms with van der Waals surface area (Å²) < 4.78 is 18.9. The van der Waals surface area contributed by atoms with Gasteiger partial charge in [0.2, 0.25) is 17.7 Å². The molecule has 2 amide bonds. The number of likely N-dealkylation sites (tertiary alicyclic amines) is 1. The predicted molar refractivity (Wildman–Crippen MR) is 282 cm³/mol. The van der Waals surface area contributed by atoms with Gasteiger partial charge in [-0.1, -0.05) is 55.4 Å². The molecule has 5 N–H and O–H groups in total. The van der Waals surface area contributed by atoms with E-state index in [0.717, 1.165) is 97.8 Å². The maximum atomic E-state index is 14.4. The number of nitrogens with two attached hydrogens (primary N) is 1. The number of aliphatic hydroxyl groups excluding tert-OH is 1. The summed E-state index contributed by atoms with van der Waals surface area (Å²) in [7, 11) is 0. The van der Waals surface area contributed by atoms with Gasteiger partial charge >= 0.3 is 0 Å². The molecule has 8 heterocycles. The quantitative estimate of drug-likeness (QED) is 0.0794. The molecule has 2 unspecified atom stereocenters. The number of phenols is 1. The van der Waals surface area contributed by atoms with Crippen LogP contribution >= 0.6 is 11.3 Å². The number of carbonyl (C=O) groups excluding carboxylic acids is 2. The summed E-state index contributed by atoms with van der Waals surface area (Å²) in [6.45, 7) is 10.9. The van der Waals surface area contributed by atoms with E-state index in [0.29, 0.717) is 34.5 Å². The smallest absolute Gasteiger partial charge is 0.243 e. The fraction of sp³-hybridized carbons (Fsp3) is 0.473. The zero-order valence-electron chi connectivity index (χ0n) is 42.3. The average molecular weight is 1020 g/mol. The Kier molecular flexibility index (Phi) is 13.9. The van der Waals surface area contributed by atoms with Crippen LogP contribution in [0, 0.1) is 12.8 Å². The van der Waals surface area contributed by atoms with Gasteiger partial charge in [0.25, 0.3) is 0 Å². The van der Waals surface area contributed by atoms with Crippen molar-refractivity contribution in [3.05, 3.63) is 102 Å². The van der Waals surface area contributed by atoms with Crippen LogP contribution in [0.4, 0.5) is 23.0 Å². The number of nitrogen functional groups attached to an aromatic ring is 1. The molecule has 4 aromatic heterocycles. The third-order valence-corrected chi connectivity index (χ3v) is 16.7. The van der Waals surface area contributed by atoms with Crippen molar-refractivity contribution in [2.24, 2.45) is 5.92 Å². The highest BCUT2D eigenvalue weighted by Gasteiger charge is 2.45. The molecule has 18 nitrogen and oxygen atoms in total. The molecule has 5 fully saturated rings. The Labute approximate surface area is 434 Å². The number of aromatic hydroxyl groups is 1. The van der Waals surface area contributed by atoms with E-state index in [1.165, 1.54) is 4.90 Å². The minimum absolute atomic E-state index is 0.0293. The monoisotopic (exact) mass is 1020 g/mol. The number of nitrogens with one attached hydrogen (secondary N) is 1. The lowest BCUT2D eigenvalue weighted by atomic mass is 9.91. The Hall–Kier alpha value is -6.83. The Morgan fingerprint density at radius 1 is 0.865 bits per heavy atom. The third-order valence-electron chi connectivity index (χ3n) is 15.7. The zero-order valence-corrected chi connectivity index (χ0v) is 43.1. The van der Waals surface area contributed by atoms with E-state index < -0.39 is 18.1 Å². The number of benzene rings is 2. The van der Waals surface area contributed by atoms with Gasteiger partial charge in [-0.25, -0.2) is 9.97 Å². The number of anilines is 4. The standard InChI is InChI=1S/C55H65N11O7S/c1-31(2)51(55(70)65-29-39(67)22-46(65)54(69)59-32(3)34-9-11-35(12-10-34)52-33(4)58-30-74-52)48-26-49(62-73-48)63-19-16-40(17-20-63)71-41-23-42(24-41)72-50-21-36(15-18-57-50)66-37-13-14-38(66)28-64(27-37)45-25-44(60-61-53(45)56)43-7-5-6-8-47(43)68/h5-12,15,18,21,25-26,30-32,37-42,46,51,67-68H,13-14,16-17,19-20,22-24,27-29H2,1-4H3,(H2,56,61)(H,59,69)/t32-,37?,38?,39+,41?,42?,46-,51-/m0/s1. The maximum absolute atomic E-state index is 14.4. The number of carbonyl (C=O) groups is 2. The van der Waals surface area contributed by atoms with Crippen molar-refractivity contribution in [2.75, 3.05) is 53.2 Å². The van der Waals surface area contributed by atoms with Gasteiger partial charge in [-0.05, 0) is 80.8 Å². The second kappa shape index (κ2) is 20.8. The van der Waals surface area contributed by atoms with Crippen molar-refractivity contribution in [3.8, 4) is 33.3 Å². The summed E-state index contributed by atoms with van der Waals surface area (Å²) >= 11 is 1.59. The number of aromatic nitrogens is 5. The number of fused-ring (bicyclic) bond motifs is 2. The first-order chi connectivity index (χ1) is 35.8. The molecule has 0 spiro atoms. The number of piperidine rings is 1. The minimum atomic E-state index is -0.817. The molecular weight excluding hydrogens is 959 g/mol. The molecule has 4 aliphatic heterocycles. The summed E-state index contributed by atoms with van der Waals surface area (Å²) in [5.74, 6) is 0.888. The van der Waals surface area contributed by atoms with E-state index >= 15 is 0 Å². The number of aliphatic hydroxyl groups is 1. The molecule has 5 aliphatic rings. The summed E-state index contributed by atoms with van der Waals surface area (Å²) in [5, 5.41) is 37.3. The first kappa shape index (κ1) is 49.4. The lowest BCUT2D eigenvalue weighted by molar-refractivity contribution is -0.141. The van der Waals surface area contributed by atoms with E-state index in [2.05, 4.69) is 57.5 Å². The van der Waals surface area contributed by atoms with Crippen LogP contribution in [0.1, 0.15) is 94.7 Å². The van der Waals surface area contributed by atoms with Crippen molar-refractivity contribution in [1.82, 2.24) is 35.5 Å². The normalized spacial score (nSPS) is 23.8. The number of nitrogens with zero attached hydrogens (tertiary/aromatic N) is 9. The number of rotatable bonds is 15. The number of thiazole rings is 1. The van der Waals surface area contributed by atoms with Crippen LogP contribution in [0.25, 0.3) is 21.7 Å². The number of phenolic OH excluding ortho intramolecular Hbond substituents is 1. The van der Waals surface area contributed by atoms with Gasteiger partial charge in [0, 0.05) is 93.7 Å². The number of aryl methyl sites for hydroxylation is 1. The third kappa shape index (κ3) is 10.1. The van der Waals surface area contributed by atoms with Crippen molar-refractivity contribution < 1.29 is 33.8 Å². The first-order valence-electron chi connectivity index (χ1n) is 26.1. The van der Waals surface area contributed by atoms with Crippen LogP contribution in [-0.2, 0) is 14.3 Å². The molecule has 1 aliphatic carbocycles. The molecule has 6 atom stereocenters. The molecule has 388 valence electrons. The van der Waals surface area contributed by atoms with E-state index in [1.807, 2.05) is 87.9 Å². The van der Waals surface area contributed by atoms with Crippen LogP contribution in [0.2, 0.25) is 0 Å². The van der Waals surface area contributed by atoms with Crippen molar-refractivity contribution in [3.63, 3.8) is 0 Å². The van der Waals surface area contributed by atoms with Crippen molar-refractivity contribution >= 4 is 46.2 Å². The molecule has 0 radical (unpaired) electrons. The topological polar surface area (TPSA) is 222 Å².